The number of benzene rings is 3. The van der Waals surface area contributed by atoms with Crippen LogP contribution in [-0.2, 0) is 10.6 Å². The van der Waals surface area contributed by atoms with Gasteiger partial charge >= 0.3 is 0 Å². The van der Waals surface area contributed by atoms with Gasteiger partial charge in [0, 0.05) is 19.4 Å². The van der Waals surface area contributed by atoms with Gasteiger partial charge in [-0.3, -0.25) is 0 Å². The molecular weight excluding hydrogens is 388 g/mol. The lowest BCUT2D eigenvalue weighted by Gasteiger charge is -2.28. The van der Waals surface area contributed by atoms with E-state index in [9.17, 15) is 0 Å². The number of fused-ring (bicyclic) bond motifs is 2. The van der Waals surface area contributed by atoms with Gasteiger partial charge in [0.15, 0.2) is 5.69 Å². The molecule has 2 atom stereocenters. The highest BCUT2D eigenvalue weighted by Gasteiger charge is 2.47. The number of hydrogen-bond acceptors (Lipinski definition) is 5. The topological polar surface area (TPSA) is 64.4 Å². The number of nitrogens with zero attached hydrogens (tertiary/aromatic N) is 3. The van der Waals surface area contributed by atoms with Crippen LogP contribution >= 0.6 is 0 Å². The minimum atomic E-state index is -0.974. The van der Waals surface area contributed by atoms with E-state index < -0.39 is 5.72 Å². The zero-order valence-electron chi connectivity index (χ0n) is 17.2. The van der Waals surface area contributed by atoms with Crippen molar-refractivity contribution in [3.63, 3.8) is 0 Å². The third kappa shape index (κ3) is 3.39. The Balaban J connectivity index is 1.63. The molecule has 3 aromatic carbocycles. The zero-order valence-corrected chi connectivity index (χ0v) is 17.2. The van der Waals surface area contributed by atoms with Gasteiger partial charge in [0.05, 0.1) is 18.7 Å². The second-order valence-corrected chi connectivity index (χ2v) is 7.84. The molecule has 0 aromatic heterocycles. The second kappa shape index (κ2) is 7.46. The first-order valence-electron chi connectivity index (χ1n) is 10.2. The minimum absolute atomic E-state index is 0.0885. The molecule has 1 spiro atoms. The second-order valence-electron chi connectivity index (χ2n) is 7.84. The molecular formula is C25H22N4O2. The molecule has 0 saturated heterocycles. The molecule has 0 amide bonds. The summed E-state index contributed by atoms with van der Waals surface area (Å²) in [6, 6.07) is 23.8. The van der Waals surface area contributed by atoms with E-state index in [2.05, 4.69) is 17.0 Å². The Bertz CT molecular complexity index is 1200. The predicted octanol–water partition coefficient (Wildman–Crippen LogP) is 4.82. The van der Waals surface area contributed by atoms with Crippen molar-refractivity contribution in [1.82, 2.24) is 5.06 Å². The van der Waals surface area contributed by atoms with Crippen molar-refractivity contribution in [1.29, 1.82) is 0 Å². The third-order valence-corrected chi connectivity index (χ3v) is 5.85. The van der Waals surface area contributed by atoms with Gasteiger partial charge < -0.3 is 10.5 Å². The van der Waals surface area contributed by atoms with Gasteiger partial charge in [-0.25, -0.2) is 19.7 Å². The van der Waals surface area contributed by atoms with Crippen LogP contribution in [0.3, 0.4) is 0 Å². The monoisotopic (exact) mass is 410 g/mol. The normalized spacial score (nSPS) is 22.3. The Hall–Kier alpha value is -3.82. The fraction of sp³-hybridized carbons (Fsp3) is 0.200. The van der Waals surface area contributed by atoms with E-state index in [1.165, 1.54) is 10.6 Å². The largest absolute Gasteiger partial charge is 0.492 e. The minimum Gasteiger partial charge on any atom is -0.492 e. The summed E-state index contributed by atoms with van der Waals surface area (Å²) in [5.74, 6) is 1.15. The van der Waals surface area contributed by atoms with Gasteiger partial charge in [0.1, 0.15) is 5.75 Å². The van der Waals surface area contributed by atoms with Crippen LogP contribution in [0.1, 0.15) is 23.5 Å². The number of hydroxylamine groups is 2. The molecule has 2 heterocycles. The number of rotatable bonds is 2. The fourth-order valence-electron chi connectivity index (χ4n) is 4.27. The maximum absolute atomic E-state index is 7.31. The van der Waals surface area contributed by atoms with Crippen molar-refractivity contribution < 1.29 is 9.57 Å². The van der Waals surface area contributed by atoms with Gasteiger partial charge in [-0.1, -0.05) is 54.6 Å². The summed E-state index contributed by atoms with van der Waals surface area (Å²) in [5.41, 5.74) is 9.70. The smallest absolute Gasteiger partial charge is 0.218 e. The Kier molecular flexibility index (Phi) is 4.61. The van der Waals surface area contributed by atoms with E-state index in [0.717, 1.165) is 22.4 Å². The summed E-state index contributed by atoms with van der Waals surface area (Å²) in [6.07, 6.45) is 0.598. The van der Waals surface area contributed by atoms with Crippen molar-refractivity contribution >= 4 is 11.6 Å². The van der Waals surface area contributed by atoms with E-state index in [0.29, 0.717) is 24.7 Å². The molecule has 0 radical (unpaired) electrons. The third-order valence-electron chi connectivity index (χ3n) is 5.85. The van der Waals surface area contributed by atoms with E-state index in [4.69, 9.17) is 26.9 Å². The molecule has 0 aliphatic carbocycles. The molecule has 6 nitrogen and oxygen atoms in total. The standard InChI is InChI=1S/C25H22N4O2/c1-27-21-10-6-9-18(13-21)19-11-12-23-22(14-19)25(28-24(26)29(2)31-25)15-20(16-30-23)17-7-4-3-5-8-17/h3-14,20H,15-16H2,2H3,(H2,26,28). The predicted molar refractivity (Wildman–Crippen MR) is 120 cm³/mol. The molecule has 5 rings (SSSR count). The van der Waals surface area contributed by atoms with Crippen LogP contribution in [-0.4, -0.2) is 24.7 Å². The van der Waals surface area contributed by atoms with Crippen LogP contribution in [0.5, 0.6) is 5.75 Å². The Labute approximate surface area is 181 Å². The first-order chi connectivity index (χ1) is 15.1. The summed E-state index contributed by atoms with van der Waals surface area (Å²) in [4.78, 5) is 14.6. The Morgan fingerprint density at radius 1 is 1.06 bits per heavy atom. The van der Waals surface area contributed by atoms with Crippen LogP contribution in [0.25, 0.3) is 16.0 Å². The fourth-order valence-corrected chi connectivity index (χ4v) is 4.27. The van der Waals surface area contributed by atoms with Crippen LogP contribution in [0.4, 0.5) is 5.69 Å². The molecule has 2 aliphatic rings. The van der Waals surface area contributed by atoms with Crippen LogP contribution in [0, 0.1) is 6.57 Å². The average molecular weight is 410 g/mol. The highest BCUT2D eigenvalue weighted by atomic mass is 16.7. The van der Waals surface area contributed by atoms with Crippen LogP contribution in [0.2, 0.25) is 0 Å². The van der Waals surface area contributed by atoms with Gasteiger partial charge in [0.2, 0.25) is 11.7 Å². The summed E-state index contributed by atoms with van der Waals surface area (Å²) in [7, 11) is 1.76. The average Bonchev–Trinajstić information content (AvgIpc) is 3.01. The van der Waals surface area contributed by atoms with E-state index >= 15 is 0 Å². The first-order valence-corrected chi connectivity index (χ1v) is 10.2. The van der Waals surface area contributed by atoms with Gasteiger partial charge in [-0.05, 0) is 34.9 Å². The Morgan fingerprint density at radius 2 is 1.87 bits per heavy atom. The molecule has 0 bridgehead atoms. The maximum atomic E-state index is 7.31. The number of ether oxygens (including phenoxy) is 1. The van der Waals surface area contributed by atoms with Crippen molar-refractivity contribution in [3.05, 3.63) is 95.3 Å². The van der Waals surface area contributed by atoms with Crippen molar-refractivity contribution in [3.8, 4) is 16.9 Å². The highest BCUT2D eigenvalue weighted by Crippen LogP contribution is 2.48. The first kappa shape index (κ1) is 19.2. The lowest BCUT2D eigenvalue weighted by molar-refractivity contribution is -0.177. The van der Waals surface area contributed by atoms with E-state index in [1.54, 1.807) is 13.1 Å². The molecule has 0 fully saturated rings. The summed E-state index contributed by atoms with van der Waals surface area (Å²) in [5, 5.41) is 1.52. The van der Waals surface area contributed by atoms with E-state index in [-0.39, 0.29) is 5.92 Å². The number of nitrogens with two attached hydrogens (primary N) is 1. The van der Waals surface area contributed by atoms with E-state index in [1.807, 2.05) is 54.6 Å². The quantitative estimate of drug-likeness (QED) is 0.616. The lowest BCUT2D eigenvalue weighted by Crippen LogP contribution is -2.32. The zero-order chi connectivity index (χ0) is 21.4. The molecule has 2 aliphatic heterocycles. The van der Waals surface area contributed by atoms with Gasteiger partial charge in [-0.2, -0.15) is 0 Å². The van der Waals surface area contributed by atoms with Crippen LogP contribution in [0.15, 0.2) is 77.8 Å². The van der Waals surface area contributed by atoms with Crippen molar-refractivity contribution in [2.24, 2.45) is 10.7 Å². The van der Waals surface area contributed by atoms with Crippen molar-refractivity contribution in [2.45, 2.75) is 18.1 Å². The molecule has 31 heavy (non-hydrogen) atoms. The van der Waals surface area contributed by atoms with Crippen LogP contribution < -0.4 is 10.5 Å². The SMILES string of the molecule is [C-]#[N+]c1cccc(-c2ccc3c(c2)C2(CC(c4ccccc4)CO3)N=C(N)N(C)O2)c1. The highest BCUT2D eigenvalue weighted by molar-refractivity contribution is 5.79. The summed E-state index contributed by atoms with van der Waals surface area (Å²) in [6.45, 7) is 7.83. The van der Waals surface area contributed by atoms with Crippen molar-refractivity contribution in [2.75, 3.05) is 13.7 Å². The summed E-state index contributed by atoms with van der Waals surface area (Å²) >= 11 is 0. The summed E-state index contributed by atoms with van der Waals surface area (Å²) < 4.78 is 6.25. The van der Waals surface area contributed by atoms with Gasteiger partial charge in [-0.15, -0.1) is 0 Å². The molecule has 154 valence electrons. The number of aliphatic imine (C=N–C) groups is 1. The number of guanidine groups is 1. The maximum Gasteiger partial charge on any atom is 0.218 e. The molecule has 2 N–H and O–H groups in total. The molecule has 6 heteroatoms. The molecule has 0 saturated carbocycles. The van der Waals surface area contributed by atoms with Gasteiger partial charge in [0.25, 0.3) is 0 Å². The molecule has 2 unspecified atom stereocenters. The number of hydrogen-bond donors (Lipinski definition) is 1. The Morgan fingerprint density at radius 3 is 2.61 bits per heavy atom. The lowest BCUT2D eigenvalue weighted by atomic mass is 9.87. The molecule has 3 aromatic rings.